The lowest BCUT2D eigenvalue weighted by Crippen LogP contribution is -2.42. The van der Waals surface area contributed by atoms with Crippen LogP contribution >= 0.6 is 22.9 Å². The van der Waals surface area contributed by atoms with E-state index in [-0.39, 0.29) is 17.9 Å². The summed E-state index contributed by atoms with van der Waals surface area (Å²) in [6.07, 6.45) is 4.03. The van der Waals surface area contributed by atoms with Crippen molar-refractivity contribution in [2.45, 2.75) is 31.7 Å². The normalized spacial score (nSPS) is 28.2. The maximum absolute atomic E-state index is 12.6. The molecule has 0 aliphatic heterocycles. The maximum atomic E-state index is 12.6. The zero-order valence-corrected chi connectivity index (χ0v) is 14.7. The number of rotatable bonds is 4. The van der Waals surface area contributed by atoms with Crippen molar-refractivity contribution in [3.05, 3.63) is 39.9 Å². The Morgan fingerprint density at radius 1 is 1.33 bits per heavy atom. The summed E-state index contributed by atoms with van der Waals surface area (Å²) in [6.45, 7) is 0. The molecule has 2 bridgehead atoms. The van der Waals surface area contributed by atoms with Gasteiger partial charge in [-0.2, -0.15) is 0 Å². The first kappa shape index (κ1) is 16.0. The van der Waals surface area contributed by atoms with E-state index in [9.17, 15) is 4.79 Å². The average molecular weight is 363 g/mol. The van der Waals surface area contributed by atoms with E-state index in [0.29, 0.717) is 28.4 Å². The second-order valence-electron chi connectivity index (χ2n) is 6.73. The lowest BCUT2D eigenvalue weighted by molar-refractivity contribution is -0.121. The van der Waals surface area contributed by atoms with Gasteiger partial charge in [-0.3, -0.25) is 4.79 Å². The average Bonchev–Trinajstić information content (AvgIpc) is 3.23. The summed E-state index contributed by atoms with van der Waals surface area (Å²) in [5, 5.41) is 13.3. The standard InChI is InChI=1S/C17H19ClN4OS/c18-12-3-1-2-9(6-12)7-13-21-22-17(24-13)20-16(23)14-10-4-5-11(8-10)15(14)19/h1-3,6,10-11,14-15H,4-5,7-8,19H2,(H,20,22,23). The molecular formula is C17H19ClN4OS. The monoisotopic (exact) mass is 362 g/mol. The predicted octanol–water partition coefficient (Wildman–Crippen LogP) is 3.09. The molecule has 2 aromatic rings. The van der Waals surface area contributed by atoms with Crippen LogP contribution in [0.2, 0.25) is 5.02 Å². The number of amides is 1. The van der Waals surface area contributed by atoms with Crippen LogP contribution in [0.5, 0.6) is 0 Å². The molecule has 2 fully saturated rings. The first-order chi connectivity index (χ1) is 11.6. The Kier molecular flexibility index (Phi) is 4.28. The van der Waals surface area contributed by atoms with Crippen molar-refractivity contribution in [1.29, 1.82) is 0 Å². The lowest BCUT2D eigenvalue weighted by Gasteiger charge is -2.26. The van der Waals surface area contributed by atoms with Crippen molar-refractivity contribution >= 4 is 34.0 Å². The molecule has 1 amide bonds. The third kappa shape index (κ3) is 3.06. The van der Waals surface area contributed by atoms with Gasteiger partial charge in [-0.05, 0) is 48.8 Å². The molecule has 24 heavy (non-hydrogen) atoms. The Morgan fingerprint density at radius 2 is 2.17 bits per heavy atom. The number of carbonyl (C=O) groups is 1. The molecule has 5 nitrogen and oxygen atoms in total. The Morgan fingerprint density at radius 3 is 2.92 bits per heavy atom. The number of nitrogens with one attached hydrogen (secondary N) is 1. The molecule has 3 N–H and O–H groups in total. The van der Waals surface area contributed by atoms with E-state index < -0.39 is 0 Å². The van der Waals surface area contributed by atoms with Gasteiger partial charge < -0.3 is 11.1 Å². The SMILES string of the molecule is NC1C2CCC(C2)C1C(=O)Nc1nnc(Cc2cccc(Cl)c2)s1. The topological polar surface area (TPSA) is 80.9 Å². The molecule has 1 aromatic carbocycles. The Labute approximate surface area is 149 Å². The van der Waals surface area contributed by atoms with Crippen molar-refractivity contribution in [2.75, 3.05) is 5.32 Å². The number of nitrogens with zero attached hydrogens (tertiary/aromatic N) is 2. The minimum Gasteiger partial charge on any atom is -0.327 e. The molecule has 0 radical (unpaired) electrons. The van der Waals surface area contributed by atoms with Crippen molar-refractivity contribution < 1.29 is 4.79 Å². The molecule has 4 atom stereocenters. The van der Waals surface area contributed by atoms with Crippen LogP contribution in [-0.4, -0.2) is 22.1 Å². The summed E-state index contributed by atoms with van der Waals surface area (Å²) >= 11 is 7.40. The Hall–Kier alpha value is -1.50. The molecule has 1 heterocycles. The molecule has 126 valence electrons. The van der Waals surface area contributed by atoms with E-state index in [1.807, 2.05) is 24.3 Å². The van der Waals surface area contributed by atoms with E-state index in [4.69, 9.17) is 17.3 Å². The number of aromatic nitrogens is 2. The van der Waals surface area contributed by atoms with Gasteiger partial charge in [0.1, 0.15) is 5.01 Å². The minimum absolute atomic E-state index is 0.000144. The van der Waals surface area contributed by atoms with Crippen LogP contribution in [0.1, 0.15) is 29.8 Å². The van der Waals surface area contributed by atoms with Gasteiger partial charge in [-0.1, -0.05) is 35.1 Å². The summed E-state index contributed by atoms with van der Waals surface area (Å²) in [5.41, 5.74) is 7.31. The highest BCUT2D eigenvalue weighted by molar-refractivity contribution is 7.15. The number of carbonyl (C=O) groups excluding carboxylic acids is 1. The zero-order chi connectivity index (χ0) is 16.7. The van der Waals surface area contributed by atoms with Crippen LogP contribution in [0.4, 0.5) is 5.13 Å². The largest absolute Gasteiger partial charge is 0.327 e. The van der Waals surface area contributed by atoms with E-state index in [1.165, 1.54) is 11.3 Å². The van der Waals surface area contributed by atoms with Crippen LogP contribution in [0.15, 0.2) is 24.3 Å². The number of halogens is 1. The second kappa shape index (κ2) is 6.43. The van der Waals surface area contributed by atoms with Gasteiger partial charge in [0.2, 0.25) is 11.0 Å². The van der Waals surface area contributed by atoms with Gasteiger partial charge >= 0.3 is 0 Å². The molecule has 2 aliphatic rings. The number of anilines is 1. The molecule has 1 aromatic heterocycles. The first-order valence-electron chi connectivity index (χ1n) is 8.23. The number of nitrogens with two attached hydrogens (primary N) is 1. The molecular weight excluding hydrogens is 344 g/mol. The summed E-state index contributed by atoms with van der Waals surface area (Å²) in [4.78, 5) is 12.6. The highest BCUT2D eigenvalue weighted by Gasteiger charge is 2.49. The van der Waals surface area contributed by atoms with E-state index in [1.54, 1.807) is 0 Å². The minimum atomic E-state index is -0.0796. The van der Waals surface area contributed by atoms with Crippen molar-refractivity contribution in [2.24, 2.45) is 23.5 Å². The summed E-state index contributed by atoms with van der Waals surface area (Å²) in [7, 11) is 0. The highest BCUT2D eigenvalue weighted by Crippen LogP contribution is 2.47. The first-order valence-corrected chi connectivity index (χ1v) is 9.43. The summed E-state index contributed by atoms with van der Waals surface area (Å²) in [5.74, 6) is 0.867. The van der Waals surface area contributed by atoms with Crippen LogP contribution in [-0.2, 0) is 11.2 Å². The fraction of sp³-hybridized carbons (Fsp3) is 0.471. The number of hydrogen-bond donors (Lipinski definition) is 2. The third-order valence-electron chi connectivity index (χ3n) is 5.22. The Balaban J connectivity index is 1.41. The molecule has 4 unspecified atom stereocenters. The smallest absolute Gasteiger partial charge is 0.231 e. The van der Waals surface area contributed by atoms with Crippen LogP contribution in [0.25, 0.3) is 0 Å². The molecule has 4 rings (SSSR count). The Bertz CT molecular complexity index is 763. The number of hydrogen-bond acceptors (Lipinski definition) is 5. The van der Waals surface area contributed by atoms with Crippen LogP contribution < -0.4 is 11.1 Å². The predicted molar refractivity (Wildman–Crippen MR) is 95.1 cm³/mol. The number of fused-ring (bicyclic) bond motifs is 2. The molecule has 0 spiro atoms. The van der Waals surface area contributed by atoms with Gasteiger partial charge in [-0.25, -0.2) is 0 Å². The van der Waals surface area contributed by atoms with Gasteiger partial charge in [0.25, 0.3) is 0 Å². The molecule has 0 saturated heterocycles. The van der Waals surface area contributed by atoms with Crippen LogP contribution in [0.3, 0.4) is 0 Å². The van der Waals surface area contributed by atoms with Gasteiger partial charge in [0.15, 0.2) is 0 Å². The van der Waals surface area contributed by atoms with Gasteiger partial charge in [0.05, 0.1) is 5.92 Å². The fourth-order valence-electron chi connectivity index (χ4n) is 4.11. The fourth-order valence-corrected chi connectivity index (χ4v) is 5.10. The van der Waals surface area contributed by atoms with Gasteiger partial charge in [-0.15, -0.1) is 10.2 Å². The van der Waals surface area contributed by atoms with Crippen molar-refractivity contribution in [3.8, 4) is 0 Å². The molecule has 2 aliphatic carbocycles. The van der Waals surface area contributed by atoms with E-state index in [2.05, 4.69) is 15.5 Å². The molecule has 7 heteroatoms. The molecule has 2 saturated carbocycles. The lowest BCUT2D eigenvalue weighted by atomic mass is 9.84. The maximum Gasteiger partial charge on any atom is 0.231 e. The summed E-state index contributed by atoms with van der Waals surface area (Å²) < 4.78 is 0. The van der Waals surface area contributed by atoms with Gasteiger partial charge in [0, 0.05) is 17.5 Å². The second-order valence-corrected chi connectivity index (χ2v) is 8.23. The zero-order valence-electron chi connectivity index (χ0n) is 13.1. The third-order valence-corrected chi connectivity index (χ3v) is 6.30. The van der Waals surface area contributed by atoms with Crippen molar-refractivity contribution in [1.82, 2.24) is 10.2 Å². The summed E-state index contributed by atoms with van der Waals surface area (Å²) in [6, 6.07) is 7.66. The van der Waals surface area contributed by atoms with Crippen molar-refractivity contribution in [3.63, 3.8) is 0 Å². The van der Waals surface area contributed by atoms with Crippen LogP contribution in [0, 0.1) is 17.8 Å². The van der Waals surface area contributed by atoms with E-state index >= 15 is 0 Å². The van der Waals surface area contributed by atoms with E-state index in [0.717, 1.165) is 29.8 Å². The highest BCUT2D eigenvalue weighted by atomic mass is 35.5. The number of benzene rings is 1. The quantitative estimate of drug-likeness (QED) is 0.875.